The molecule has 1 aromatic heterocycles. The molecular formula is C11H18N2O. The highest BCUT2D eigenvalue weighted by molar-refractivity contribution is 5.05. The van der Waals surface area contributed by atoms with E-state index < -0.39 is 0 Å². The molecule has 0 amide bonds. The second-order valence-corrected chi connectivity index (χ2v) is 4.06. The second kappa shape index (κ2) is 4.62. The van der Waals surface area contributed by atoms with Crippen LogP contribution in [0.2, 0.25) is 0 Å². The van der Waals surface area contributed by atoms with Crippen LogP contribution in [0.3, 0.4) is 0 Å². The molecule has 78 valence electrons. The molecule has 1 atom stereocenters. The third kappa shape index (κ3) is 1.99. The highest BCUT2D eigenvalue weighted by Gasteiger charge is 2.25. The number of rotatable bonds is 3. The molecule has 0 aliphatic heterocycles. The summed E-state index contributed by atoms with van der Waals surface area (Å²) < 4.78 is 5.40. The Morgan fingerprint density at radius 2 is 2.14 bits per heavy atom. The summed E-state index contributed by atoms with van der Waals surface area (Å²) in [7, 11) is 0. The lowest BCUT2D eigenvalue weighted by molar-refractivity contribution is 0.245. The van der Waals surface area contributed by atoms with Gasteiger partial charge in [0.15, 0.2) is 0 Å². The van der Waals surface area contributed by atoms with E-state index in [2.05, 4.69) is 5.43 Å². The molecular weight excluding hydrogens is 176 g/mol. The normalized spacial score (nSPS) is 20.9. The van der Waals surface area contributed by atoms with E-state index in [-0.39, 0.29) is 6.04 Å². The molecule has 1 fully saturated rings. The fourth-order valence-corrected chi connectivity index (χ4v) is 2.39. The Balaban J connectivity index is 2.04. The average Bonchev–Trinajstić information content (AvgIpc) is 2.74. The fraction of sp³-hybridized carbons (Fsp3) is 0.636. The van der Waals surface area contributed by atoms with Crippen molar-refractivity contribution >= 4 is 0 Å². The third-order valence-electron chi connectivity index (χ3n) is 3.15. The number of nitrogens with two attached hydrogens (primary N) is 1. The smallest absolute Gasteiger partial charge is 0.122 e. The maximum atomic E-state index is 5.58. The zero-order chi connectivity index (χ0) is 9.80. The fourth-order valence-electron chi connectivity index (χ4n) is 2.39. The monoisotopic (exact) mass is 194 g/mol. The van der Waals surface area contributed by atoms with Crippen molar-refractivity contribution in [3.05, 3.63) is 24.2 Å². The highest BCUT2D eigenvalue weighted by atomic mass is 16.3. The molecule has 1 unspecified atom stereocenters. The van der Waals surface area contributed by atoms with Crippen LogP contribution in [0.1, 0.15) is 43.9 Å². The minimum Gasteiger partial charge on any atom is -0.468 e. The standard InChI is InChI=1S/C11H18N2O/c12-13-11(10-7-4-8-14-10)9-5-2-1-3-6-9/h4,7-9,11,13H,1-3,5-6,12H2. The van der Waals surface area contributed by atoms with Crippen LogP contribution in [0, 0.1) is 5.92 Å². The van der Waals surface area contributed by atoms with E-state index in [0.717, 1.165) is 5.76 Å². The summed E-state index contributed by atoms with van der Waals surface area (Å²) in [5.41, 5.74) is 2.88. The number of hydrogen-bond donors (Lipinski definition) is 2. The van der Waals surface area contributed by atoms with E-state index in [4.69, 9.17) is 10.3 Å². The molecule has 1 aromatic rings. The van der Waals surface area contributed by atoms with Crippen molar-refractivity contribution in [2.75, 3.05) is 0 Å². The lowest BCUT2D eigenvalue weighted by Crippen LogP contribution is -2.34. The van der Waals surface area contributed by atoms with E-state index in [1.54, 1.807) is 6.26 Å². The zero-order valence-electron chi connectivity index (χ0n) is 8.41. The highest BCUT2D eigenvalue weighted by Crippen LogP contribution is 2.33. The molecule has 1 heterocycles. The Kier molecular flexibility index (Phi) is 3.22. The predicted molar refractivity (Wildman–Crippen MR) is 55.3 cm³/mol. The van der Waals surface area contributed by atoms with Crippen molar-refractivity contribution in [3.8, 4) is 0 Å². The number of hydrogen-bond acceptors (Lipinski definition) is 3. The average molecular weight is 194 g/mol. The molecule has 0 aromatic carbocycles. The summed E-state index contributed by atoms with van der Waals surface area (Å²) in [5, 5.41) is 0. The van der Waals surface area contributed by atoms with Crippen LogP contribution in [0.25, 0.3) is 0 Å². The lowest BCUT2D eigenvalue weighted by atomic mass is 9.83. The van der Waals surface area contributed by atoms with Gasteiger partial charge in [0.2, 0.25) is 0 Å². The zero-order valence-corrected chi connectivity index (χ0v) is 8.41. The summed E-state index contributed by atoms with van der Waals surface area (Å²) in [4.78, 5) is 0. The molecule has 0 saturated heterocycles. The van der Waals surface area contributed by atoms with Crippen LogP contribution < -0.4 is 11.3 Å². The minimum absolute atomic E-state index is 0.199. The van der Waals surface area contributed by atoms with Gasteiger partial charge in [-0.05, 0) is 30.9 Å². The molecule has 0 spiro atoms. The van der Waals surface area contributed by atoms with Crippen LogP contribution in [0.4, 0.5) is 0 Å². The van der Waals surface area contributed by atoms with Gasteiger partial charge in [-0.25, -0.2) is 5.43 Å². The minimum atomic E-state index is 0.199. The molecule has 1 saturated carbocycles. The first kappa shape index (κ1) is 9.74. The number of furan rings is 1. The molecule has 0 bridgehead atoms. The van der Waals surface area contributed by atoms with E-state index in [1.165, 1.54) is 32.1 Å². The second-order valence-electron chi connectivity index (χ2n) is 4.06. The van der Waals surface area contributed by atoms with Crippen LogP contribution in [0.15, 0.2) is 22.8 Å². The summed E-state index contributed by atoms with van der Waals surface area (Å²) in [6, 6.07) is 4.12. The van der Waals surface area contributed by atoms with Gasteiger partial charge in [-0.15, -0.1) is 0 Å². The van der Waals surface area contributed by atoms with Gasteiger partial charge < -0.3 is 4.42 Å². The first-order valence-electron chi connectivity index (χ1n) is 5.41. The van der Waals surface area contributed by atoms with E-state index >= 15 is 0 Å². The van der Waals surface area contributed by atoms with Gasteiger partial charge in [-0.3, -0.25) is 5.84 Å². The Labute approximate surface area is 84.6 Å². The van der Waals surface area contributed by atoms with Crippen molar-refractivity contribution in [1.29, 1.82) is 0 Å². The Morgan fingerprint density at radius 3 is 2.71 bits per heavy atom. The summed E-state index contributed by atoms with van der Waals surface area (Å²) in [6.07, 6.45) is 8.24. The van der Waals surface area contributed by atoms with Gasteiger partial charge in [0, 0.05) is 0 Å². The van der Waals surface area contributed by atoms with E-state index in [0.29, 0.717) is 5.92 Å². The summed E-state index contributed by atoms with van der Waals surface area (Å²) >= 11 is 0. The van der Waals surface area contributed by atoms with Crippen LogP contribution >= 0.6 is 0 Å². The number of hydrazine groups is 1. The first-order valence-corrected chi connectivity index (χ1v) is 5.41. The first-order chi connectivity index (χ1) is 6.92. The Hall–Kier alpha value is -0.800. The maximum absolute atomic E-state index is 5.58. The Morgan fingerprint density at radius 1 is 1.36 bits per heavy atom. The van der Waals surface area contributed by atoms with Crippen LogP contribution in [0.5, 0.6) is 0 Å². The Bertz CT molecular complexity index is 252. The molecule has 1 aliphatic rings. The molecule has 3 nitrogen and oxygen atoms in total. The lowest BCUT2D eigenvalue weighted by Gasteiger charge is -2.28. The molecule has 14 heavy (non-hydrogen) atoms. The largest absolute Gasteiger partial charge is 0.468 e. The SMILES string of the molecule is NNC(c1ccco1)C1CCCCC1. The molecule has 3 heteroatoms. The van der Waals surface area contributed by atoms with Crippen molar-refractivity contribution in [1.82, 2.24) is 5.43 Å². The van der Waals surface area contributed by atoms with Gasteiger partial charge in [0.25, 0.3) is 0 Å². The predicted octanol–water partition coefficient (Wildman–Crippen LogP) is 2.36. The van der Waals surface area contributed by atoms with Crippen molar-refractivity contribution in [2.45, 2.75) is 38.1 Å². The third-order valence-corrected chi connectivity index (χ3v) is 3.15. The van der Waals surface area contributed by atoms with Crippen molar-refractivity contribution in [2.24, 2.45) is 11.8 Å². The molecule has 2 rings (SSSR count). The molecule has 3 N–H and O–H groups in total. The molecule has 1 aliphatic carbocycles. The topological polar surface area (TPSA) is 51.2 Å². The van der Waals surface area contributed by atoms with Gasteiger partial charge in [0.1, 0.15) is 5.76 Å². The van der Waals surface area contributed by atoms with Gasteiger partial charge in [-0.1, -0.05) is 19.3 Å². The van der Waals surface area contributed by atoms with Crippen molar-refractivity contribution in [3.63, 3.8) is 0 Å². The van der Waals surface area contributed by atoms with E-state index in [9.17, 15) is 0 Å². The van der Waals surface area contributed by atoms with E-state index in [1.807, 2.05) is 12.1 Å². The maximum Gasteiger partial charge on any atom is 0.122 e. The van der Waals surface area contributed by atoms with Gasteiger partial charge in [-0.2, -0.15) is 0 Å². The quantitative estimate of drug-likeness (QED) is 0.573. The summed E-state index contributed by atoms with van der Waals surface area (Å²) in [5.74, 6) is 7.20. The van der Waals surface area contributed by atoms with Gasteiger partial charge >= 0.3 is 0 Å². The van der Waals surface area contributed by atoms with Crippen LogP contribution in [-0.4, -0.2) is 0 Å². The number of nitrogens with one attached hydrogen (secondary N) is 1. The molecule has 0 radical (unpaired) electrons. The summed E-state index contributed by atoms with van der Waals surface area (Å²) in [6.45, 7) is 0. The van der Waals surface area contributed by atoms with Crippen LogP contribution in [-0.2, 0) is 0 Å². The van der Waals surface area contributed by atoms with Crippen molar-refractivity contribution < 1.29 is 4.42 Å². The van der Waals surface area contributed by atoms with Gasteiger partial charge in [0.05, 0.1) is 12.3 Å².